The zero-order valence-corrected chi connectivity index (χ0v) is 55.5. The molecule has 0 spiro atoms. The Morgan fingerprint density at radius 2 is 0.470 bits per heavy atom. The Morgan fingerprint density at radius 3 is 0.759 bits per heavy atom. The smallest absolute Gasteiger partial charge is 0.306 e. The summed E-state index contributed by atoms with van der Waals surface area (Å²) in [6.07, 6.45) is 93.7. The lowest BCUT2D eigenvalue weighted by Crippen LogP contribution is -2.30. The van der Waals surface area contributed by atoms with Crippen molar-refractivity contribution in [1.29, 1.82) is 0 Å². The maximum absolute atomic E-state index is 13.0. The van der Waals surface area contributed by atoms with Crippen LogP contribution in [-0.2, 0) is 28.6 Å². The molecule has 0 radical (unpaired) electrons. The van der Waals surface area contributed by atoms with Gasteiger partial charge in [-0.25, -0.2) is 0 Å². The summed E-state index contributed by atoms with van der Waals surface area (Å²) in [6, 6.07) is 0. The molecule has 0 fully saturated rings. The van der Waals surface area contributed by atoms with Crippen LogP contribution >= 0.6 is 0 Å². The van der Waals surface area contributed by atoms with Crippen LogP contribution in [0.2, 0.25) is 0 Å². The summed E-state index contributed by atoms with van der Waals surface area (Å²) in [7, 11) is 0. The van der Waals surface area contributed by atoms with Gasteiger partial charge in [-0.15, -0.1) is 0 Å². The van der Waals surface area contributed by atoms with Gasteiger partial charge in [0, 0.05) is 19.3 Å². The van der Waals surface area contributed by atoms with Crippen molar-refractivity contribution in [3.05, 3.63) is 72.9 Å². The molecule has 6 heteroatoms. The van der Waals surface area contributed by atoms with Crippen LogP contribution in [-0.4, -0.2) is 37.2 Å². The highest BCUT2D eigenvalue weighted by atomic mass is 16.6. The zero-order chi connectivity index (χ0) is 59.9. The number of hydrogen-bond donors (Lipinski definition) is 0. The van der Waals surface area contributed by atoms with Crippen molar-refractivity contribution in [1.82, 2.24) is 0 Å². The molecular formula is C77H138O6. The third kappa shape index (κ3) is 69.5. The van der Waals surface area contributed by atoms with Gasteiger partial charge in [0.25, 0.3) is 0 Å². The van der Waals surface area contributed by atoms with Gasteiger partial charge in [0.15, 0.2) is 6.10 Å². The summed E-state index contributed by atoms with van der Waals surface area (Å²) in [5, 5.41) is 0. The number of allylic oxidation sites excluding steroid dienone is 12. The van der Waals surface area contributed by atoms with Gasteiger partial charge in [0.1, 0.15) is 13.2 Å². The first-order chi connectivity index (χ1) is 41.0. The van der Waals surface area contributed by atoms with E-state index in [-0.39, 0.29) is 31.1 Å². The number of carbonyl (C=O) groups is 3. The van der Waals surface area contributed by atoms with E-state index in [1.54, 1.807) is 0 Å². The molecule has 83 heavy (non-hydrogen) atoms. The van der Waals surface area contributed by atoms with Crippen molar-refractivity contribution >= 4 is 17.9 Å². The van der Waals surface area contributed by atoms with Crippen molar-refractivity contribution < 1.29 is 28.6 Å². The lowest BCUT2D eigenvalue weighted by Gasteiger charge is -2.18. The van der Waals surface area contributed by atoms with Crippen LogP contribution < -0.4 is 0 Å². The van der Waals surface area contributed by atoms with E-state index >= 15 is 0 Å². The van der Waals surface area contributed by atoms with Gasteiger partial charge in [-0.3, -0.25) is 14.4 Å². The monoisotopic (exact) mass is 1160 g/mol. The topological polar surface area (TPSA) is 78.9 Å². The van der Waals surface area contributed by atoms with Crippen LogP contribution in [0.5, 0.6) is 0 Å². The fourth-order valence-corrected chi connectivity index (χ4v) is 10.7. The molecule has 0 aromatic heterocycles. The Morgan fingerprint density at radius 1 is 0.253 bits per heavy atom. The van der Waals surface area contributed by atoms with E-state index in [1.165, 1.54) is 250 Å². The molecule has 0 aromatic carbocycles. The standard InChI is InChI=1S/C77H138O6/c1-4-7-10-13-16-19-22-25-27-29-31-33-35-36-37-38-39-40-42-43-45-47-49-52-55-58-61-64-67-70-76(79)82-73-74(72-81-75(78)69-66-63-60-57-54-51-24-21-18-15-12-9-6-3)83-77(80)71-68-65-62-59-56-53-50-48-46-44-41-34-32-30-28-26-23-20-17-14-11-8-5-2/h7,10,16,19,21,24-25,27,30-33,74H,4-6,8-9,11-15,17-18,20,22-23,26,28-29,34-73H2,1-3H3/b10-7-,19-16-,24-21-,27-25-,32-30-,33-31-. The second-order valence-corrected chi connectivity index (χ2v) is 24.5. The number of rotatable bonds is 67. The van der Waals surface area contributed by atoms with Gasteiger partial charge in [-0.1, -0.05) is 325 Å². The summed E-state index contributed by atoms with van der Waals surface area (Å²) >= 11 is 0. The summed E-state index contributed by atoms with van der Waals surface area (Å²) in [6.45, 7) is 6.56. The maximum Gasteiger partial charge on any atom is 0.306 e. The van der Waals surface area contributed by atoms with Crippen LogP contribution in [0.4, 0.5) is 0 Å². The minimum atomic E-state index is -0.779. The van der Waals surface area contributed by atoms with Crippen LogP contribution in [0, 0.1) is 0 Å². The Hall–Kier alpha value is -3.15. The summed E-state index contributed by atoms with van der Waals surface area (Å²) < 4.78 is 17.0. The average Bonchev–Trinajstić information content (AvgIpc) is 3.49. The molecule has 0 bridgehead atoms. The van der Waals surface area contributed by atoms with Crippen molar-refractivity contribution in [3.8, 4) is 0 Å². The summed E-state index contributed by atoms with van der Waals surface area (Å²) in [5.41, 5.74) is 0. The largest absolute Gasteiger partial charge is 0.462 e. The Bertz CT molecular complexity index is 1520. The second-order valence-electron chi connectivity index (χ2n) is 24.5. The average molecular weight is 1160 g/mol. The molecule has 1 unspecified atom stereocenters. The molecule has 1 atom stereocenters. The van der Waals surface area contributed by atoms with Gasteiger partial charge in [0.05, 0.1) is 0 Å². The molecule has 0 aromatic rings. The Labute approximate surface area is 516 Å². The maximum atomic E-state index is 13.0. The second kappa shape index (κ2) is 71.3. The first-order valence-corrected chi connectivity index (χ1v) is 36.4. The normalized spacial score (nSPS) is 12.5. The molecule has 0 aliphatic heterocycles. The molecule has 0 aliphatic carbocycles. The van der Waals surface area contributed by atoms with Gasteiger partial charge >= 0.3 is 17.9 Å². The summed E-state index contributed by atoms with van der Waals surface area (Å²) in [4.78, 5) is 38.5. The van der Waals surface area contributed by atoms with Crippen molar-refractivity contribution in [2.45, 2.75) is 386 Å². The minimum absolute atomic E-state index is 0.0742. The van der Waals surface area contributed by atoms with Gasteiger partial charge < -0.3 is 14.2 Å². The number of unbranched alkanes of at least 4 members (excludes halogenated alkanes) is 44. The van der Waals surface area contributed by atoms with Crippen molar-refractivity contribution in [2.75, 3.05) is 13.2 Å². The van der Waals surface area contributed by atoms with Crippen LogP contribution in [0.25, 0.3) is 0 Å². The lowest BCUT2D eigenvalue weighted by atomic mass is 10.0. The first-order valence-electron chi connectivity index (χ1n) is 36.4. The van der Waals surface area contributed by atoms with E-state index in [2.05, 4.69) is 93.7 Å². The quantitative estimate of drug-likeness (QED) is 0.0261. The van der Waals surface area contributed by atoms with E-state index in [1.807, 2.05) is 0 Å². The third-order valence-corrected chi connectivity index (χ3v) is 16.2. The highest BCUT2D eigenvalue weighted by Gasteiger charge is 2.19. The molecule has 0 amide bonds. The molecular weight excluding hydrogens is 1020 g/mol. The van der Waals surface area contributed by atoms with E-state index < -0.39 is 6.10 Å². The molecule has 0 aliphatic rings. The Kier molecular flexibility index (Phi) is 68.6. The predicted molar refractivity (Wildman–Crippen MR) is 362 cm³/mol. The number of hydrogen-bond acceptors (Lipinski definition) is 6. The molecule has 0 saturated heterocycles. The highest BCUT2D eigenvalue weighted by Crippen LogP contribution is 2.18. The highest BCUT2D eigenvalue weighted by molar-refractivity contribution is 5.71. The third-order valence-electron chi connectivity index (χ3n) is 16.2. The van der Waals surface area contributed by atoms with Crippen LogP contribution in [0.15, 0.2) is 72.9 Å². The van der Waals surface area contributed by atoms with E-state index in [0.29, 0.717) is 19.3 Å². The van der Waals surface area contributed by atoms with Crippen LogP contribution in [0.1, 0.15) is 380 Å². The van der Waals surface area contributed by atoms with Gasteiger partial charge in [-0.05, 0) is 109 Å². The molecule has 0 rings (SSSR count). The fraction of sp³-hybridized carbons (Fsp3) is 0.805. The molecule has 482 valence electrons. The Balaban J connectivity index is 4.22. The zero-order valence-electron chi connectivity index (χ0n) is 55.5. The molecule has 6 nitrogen and oxygen atoms in total. The van der Waals surface area contributed by atoms with Gasteiger partial charge in [0.2, 0.25) is 0 Å². The minimum Gasteiger partial charge on any atom is -0.462 e. The molecule has 0 heterocycles. The van der Waals surface area contributed by atoms with Crippen molar-refractivity contribution in [2.24, 2.45) is 0 Å². The molecule has 0 saturated carbocycles. The van der Waals surface area contributed by atoms with E-state index in [9.17, 15) is 14.4 Å². The molecule has 0 N–H and O–H groups in total. The number of ether oxygens (including phenoxy) is 3. The lowest BCUT2D eigenvalue weighted by molar-refractivity contribution is -0.167. The van der Waals surface area contributed by atoms with Gasteiger partial charge in [-0.2, -0.15) is 0 Å². The predicted octanol–water partition coefficient (Wildman–Crippen LogP) is 25.2. The SMILES string of the molecule is CC/C=C\C/C=C\C/C=C\C/C=C\CCCCCCCCCCCCCCCCCCC(=O)OCC(COC(=O)CCCCCCC/C=C\CCCCCC)OC(=O)CCCCCCCCCCCCC/C=C\CCCCCCCCCC. The first kappa shape index (κ1) is 79.8. The van der Waals surface area contributed by atoms with Crippen LogP contribution in [0.3, 0.4) is 0 Å². The summed E-state index contributed by atoms with van der Waals surface area (Å²) in [5.74, 6) is -0.861. The fourth-order valence-electron chi connectivity index (χ4n) is 10.7. The van der Waals surface area contributed by atoms with E-state index in [4.69, 9.17) is 14.2 Å². The number of esters is 3. The van der Waals surface area contributed by atoms with Crippen molar-refractivity contribution in [3.63, 3.8) is 0 Å². The van der Waals surface area contributed by atoms with E-state index in [0.717, 1.165) is 89.9 Å². The number of carbonyl (C=O) groups excluding carboxylic acids is 3.